The van der Waals surface area contributed by atoms with Gasteiger partial charge in [-0.05, 0) is 38.0 Å². The summed E-state index contributed by atoms with van der Waals surface area (Å²) in [6, 6.07) is 13.3. The van der Waals surface area contributed by atoms with E-state index in [2.05, 4.69) is 61.4 Å². The molecule has 1 aromatic carbocycles. The van der Waals surface area contributed by atoms with Crippen LogP contribution >= 0.6 is 0 Å². The molecule has 94 valence electrons. The van der Waals surface area contributed by atoms with Crippen LogP contribution in [0.3, 0.4) is 0 Å². The van der Waals surface area contributed by atoms with E-state index in [1.54, 1.807) is 6.20 Å². The third-order valence-electron chi connectivity index (χ3n) is 3.23. The Hall–Kier alpha value is -1.67. The second kappa shape index (κ2) is 5.78. The van der Waals surface area contributed by atoms with Crippen molar-refractivity contribution in [2.45, 2.75) is 32.9 Å². The molecule has 0 spiro atoms. The van der Waals surface area contributed by atoms with E-state index in [1.165, 1.54) is 16.7 Å². The van der Waals surface area contributed by atoms with Gasteiger partial charge < -0.3 is 5.32 Å². The molecule has 0 fully saturated rings. The Labute approximate surface area is 109 Å². The Kier molecular flexibility index (Phi) is 4.11. The maximum atomic E-state index is 4.16. The van der Waals surface area contributed by atoms with Gasteiger partial charge in [0.15, 0.2) is 0 Å². The molecular weight excluding hydrogens is 220 g/mol. The third kappa shape index (κ3) is 3.17. The van der Waals surface area contributed by atoms with Gasteiger partial charge in [-0.25, -0.2) is 0 Å². The highest BCUT2D eigenvalue weighted by Gasteiger charge is 2.10. The first-order chi connectivity index (χ1) is 8.66. The van der Waals surface area contributed by atoms with Crippen molar-refractivity contribution in [3.05, 3.63) is 65.5 Å². The number of nitrogens with zero attached hydrogens (tertiary/aromatic N) is 1. The zero-order valence-corrected chi connectivity index (χ0v) is 11.2. The van der Waals surface area contributed by atoms with Crippen molar-refractivity contribution >= 4 is 0 Å². The van der Waals surface area contributed by atoms with Crippen molar-refractivity contribution in [2.75, 3.05) is 0 Å². The average Bonchev–Trinajstić information content (AvgIpc) is 2.39. The van der Waals surface area contributed by atoms with E-state index in [1.807, 2.05) is 12.3 Å². The Morgan fingerprint density at radius 1 is 1.00 bits per heavy atom. The summed E-state index contributed by atoms with van der Waals surface area (Å²) in [5.74, 6) is 0. The molecule has 2 nitrogen and oxygen atoms in total. The molecule has 2 aromatic rings. The Balaban J connectivity index is 2.05. The number of hydrogen-bond donors (Lipinski definition) is 1. The van der Waals surface area contributed by atoms with Crippen LogP contribution < -0.4 is 5.32 Å². The molecule has 0 radical (unpaired) electrons. The van der Waals surface area contributed by atoms with Crippen LogP contribution in [0.5, 0.6) is 0 Å². The summed E-state index contributed by atoms with van der Waals surface area (Å²) >= 11 is 0. The highest BCUT2D eigenvalue weighted by atomic mass is 14.9. The minimum Gasteiger partial charge on any atom is -0.304 e. The summed E-state index contributed by atoms with van der Waals surface area (Å²) in [4.78, 5) is 4.16. The first-order valence-corrected chi connectivity index (χ1v) is 6.39. The van der Waals surface area contributed by atoms with Crippen LogP contribution in [0.4, 0.5) is 0 Å². The minimum atomic E-state index is 0.300. The van der Waals surface area contributed by atoms with Gasteiger partial charge in [0, 0.05) is 24.5 Å². The first kappa shape index (κ1) is 12.8. The zero-order chi connectivity index (χ0) is 13.0. The molecule has 0 amide bonds. The van der Waals surface area contributed by atoms with E-state index in [0.29, 0.717) is 12.1 Å². The van der Waals surface area contributed by atoms with Crippen LogP contribution in [0.15, 0.2) is 48.8 Å². The number of nitrogens with one attached hydrogen (secondary N) is 1. The summed E-state index contributed by atoms with van der Waals surface area (Å²) in [5.41, 5.74) is 3.85. The van der Waals surface area contributed by atoms with Crippen LogP contribution in [0.2, 0.25) is 0 Å². The first-order valence-electron chi connectivity index (χ1n) is 6.39. The van der Waals surface area contributed by atoms with Gasteiger partial charge in [0.05, 0.1) is 0 Å². The van der Waals surface area contributed by atoms with Crippen molar-refractivity contribution in [3.63, 3.8) is 0 Å². The predicted molar refractivity (Wildman–Crippen MR) is 75.4 cm³/mol. The molecule has 18 heavy (non-hydrogen) atoms. The van der Waals surface area contributed by atoms with E-state index < -0.39 is 0 Å². The summed E-state index contributed by atoms with van der Waals surface area (Å²) < 4.78 is 0. The van der Waals surface area contributed by atoms with Crippen LogP contribution in [0, 0.1) is 6.92 Å². The largest absolute Gasteiger partial charge is 0.304 e. The lowest BCUT2D eigenvalue weighted by molar-refractivity contribution is 0.493. The topological polar surface area (TPSA) is 24.9 Å². The van der Waals surface area contributed by atoms with E-state index in [4.69, 9.17) is 0 Å². The number of pyridine rings is 1. The van der Waals surface area contributed by atoms with Gasteiger partial charge in [-0.3, -0.25) is 4.98 Å². The van der Waals surface area contributed by atoms with Gasteiger partial charge in [0.1, 0.15) is 0 Å². The second-order valence-electron chi connectivity index (χ2n) is 4.81. The van der Waals surface area contributed by atoms with Gasteiger partial charge in [-0.15, -0.1) is 0 Å². The fraction of sp³-hybridized carbons (Fsp3) is 0.312. The SMILES string of the molecule is Cc1cccc(C(C)NC(C)c2cccnc2)c1. The minimum absolute atomic E-state index is 0.300. The number of hydrogen-bond acceptors (Lipinski definition) is 2. The van der Waals surface area contributed by atoms with E-state index in [9.17, 15) is 0 Å². The maximum Gasteiger partial charge on any atom is 0.0315 e. The van der Waals surface area contributed by atoms with Crippen molar-refractivity contribution in [2.24, 2.45) is 0 Å². The summed E-state index contributed by atoms with van der Waals surface area (Å²) in [6.45, 7) is 6.49. The van der Waals surface area contributed by atoms with Crippen molar-refractivity contribution in [1.29, 1.82) is 0 Å². The van der Waals surface area contributed by atoms with Crippen LogP contribution in [-0.2, 0) is 0 Å². The van der Waals surface area contributed by atoms with Crippen LogP contribution in [0.25, 0.3) is 0 Å². The molecule has 0 saturated carbocycles. The molecule has 2 atom stereocenters. The van der Waals surface area contributed by atoms with E-state index in [0.717, 1.165) is 0 Å². The number of rotatable bonds is 4. The predicted octanol–water partition coefficient (Wildman–Crippen LogP) is 3.80. The Morgan fingerprint density at radius 2 is 1.72 bits per heavy atom. The highest BCUT2D eigenvalue weighted by Crippen LogP contribution is 2.19. The van der Waals surface area contributed by atoms with E-state index >= 15 is 0 Å². The zero-order valence-electron chi connectivity index (χ0n) is 11.2. The van der Waals surface area contributed by atoms with Gasteiger partial charge in [0.25, 0.3) is 0 Å². The van der Waals surface area contributed by atoms with Crippen molar-refractivity contribution in [3.8, 4) is 0 Å². The maximum absolute atomic E-state index is 4.16. The lowest BCUT2D eigenvalue weighted by Crippen LogP contribution is -2.22. The normalized spacial score (nSPS) is 14.2. The smallest absolute Gasteiger partial charge is 0.0315 e. The fourth-order valence-electron chi connectivity index (χ4n) is 2.14. The molecule has 2 rings (SSSR count). The molecule has 1 aromatic heterocycles. The Morgan fingerprint density at radius 3 is 2.39 bits per heavy atom. The molecule has 1 N–H and O–H groups in total. The summed E-state index contributed by atoms with van der Waals surface area (Å²) in [6.07, 6.45) is 3.72. The number of aromatic nitrogens is 1. The van der Waals surface area contributed by atoms with Crippen LogP contribution in [-0.4, -0.2) is 4.98 Å². The third-order valence-corrected chi connectivity index (χ3v) is 3.23. The number of aryl methyl sites for hydroxylation is 1. The standard InChI is InChI=1S/C16H20N2/c1-12-6-4-7-15(10-12)13(2)18-14(3)16-8-5-9-17-11-16/h4-11,13-14,18H,1-3H3. The van der Waals surface area contributed by atoms with Crippen molar-refractivity contribution in [1.82, 2.24) is 10.3 Å². The van der Waals surface area contributed by atoms with Gasteiger partial charge in [-0.1, -0.05) is 35.9 Å². The van der Waals surface area contributed by atoms with Gasteiger partial charge in [-0.2, -0.15) is 0 Å². The molecule has 2 heteroatoms. The Bertz CT molecular complexity index is 493. The molecular formula is C16H20N2. The average molecular weight is 240 g/mol. The lowest BCUT2D eigenvalue weighted by atomic mass is 10.0. The van der Waals surface area contributed by atoms with Gasteiger partial charge >= 0.3 is 0 Å². The molecule has 1 heterocycles. The van der Waals surface area contributed by atoms with Crippen molar-refractivity contribution < 1.29 is 0 Å². The highest BCUT2D eigenvalue weighted by molar-refractivity contribution is 5.25. The van der Waals surface area contributed by atoms with E-state index in [-0.39, 0.29) is 0 Å². The molecule has 2 unspecified atom stereocenters. The molecule has 0 bridgehead atoms. The molecule has 0 aliphatic heterocycles. The fourth-order valence-corrected chi connectivity index (χ4v) is 2.14. The monoisotopic (exact) mass is 240 g/mol. The number of benzene rings is 1. The second-order valence-corrected chi connectivity index (χ2v) is 4.81. The molecule has 0 aliphatic carbocycles. The molecule has 0 saturated heterocycles. The van der Waals surface area contributed by atoms with Crippen LogP contribution in [0.1, 0.15) is 42.6 Å². The summed E-state index contributed by atoms with van der Waals surface area (Å²) in [7, 11) is 0. The quantitative estimate of drug-likeness (QED) is 0.879. The lowest BCUT2D eigenvalue weighted by Gasteiger charge is -2.20. The van der Waals surface area contributed by atoms with Gasteiger partial charge in [0.2, 0.25) is 0 Å². The summed E-state index contributed by atoms with van der Waals surface area (Å²) in [5, 5.41) is 3.60. The molecule has 0 aliphatic rings.